The molecule has 114 valence electrons. The standard InChI is InChI=1S/C16H22BrN3O/c1-3-15-14(11-18)16(4-2)20(19-15)9-10-21-13-7-5-12(17)6-8-13/h5-8H,3-4,9-11,18H2,1-2H3. The fraction of sp³-hybridized carbons (Fsp3) is 0.438. The lowest BCUT2D eigenvalue weighted by Gasteiger charge is -2.09. The van der Waals surface area contributed by atoms with Gasteiger partial charge in [0.25, 0.3) is 0 Å². The molecular weight excluding hydrogens is 330 g/mol. The predicted octanol–water partition coefficient (Wildman–Crippen LogP) is 3.31. The van der Waals surface area contributed by atoms with Crippen molar-refractivity contribution in [2.24, 2.45) is 5.73 Å². The van der Waals surface area contributed by atoms with Crippen molar-refractivity contribution in [3.63, 3.8) is 0 Å². The number of rotatable bonds is 7. The number of benzene rings is 1. The second-order valence-corrected chi connectivity index (χ2v) is 5.72. The Labute approximate surface area is 134 Å². The van der Waals surface area contributed by atoms with Crippen LogP contribution in [0.1, 0.15) is 30.8 Å². The summed E-state index contributed by atoms with van der Waals surface area (Å²) in [7, 11) is 0. The maximum atomic E-state index is 5.86. The van der Waals surface area contributed by atoms with E-state index in [0.29, 0.717) is 13.2 Å². The van der Waals surface area contributed by atoms with Crippen LogP contribution in [0.3, 0.4) is 0 Å². The first-order valence-corrected chi connectivity index (χ1v) is 8.14. The number of ether oxygens (including phenoxy) is 1. The number of hydrogen-bond acceptors (Lipinski definition) is 3. The van der Waals surface area contributed by atoms with E-state index < -0.39 is 0 Å². The van der Waals surface area contributed by atoms with Crippen LogP contribution in [0.15, 0.2) is 28.7 Å². The molecule has 0 aliphatic carbocycles. The van der Waals surface area contributed by atoms with Crippen molar-refractivity contribution in [1.29, 1.82) is 0 Å². The zero-order chi connectivity index (χ0) is 15.2. The number of aromatic nitrogens is 2. The molecule has 2 rings (SSSR count). The molecule has 2 N–H and O–H groups in total. The van der Waals surface area contributed by atoms with Gasteiger partial charge in [0.2, 0.25) is 0 Å². The highest BCUT2D eigenvalue weighted by molar-refractivity contribution is 9.10. The van der Waals surface area contributed by atoms with Crippen LogP contribution in [-0.2, 0) is 25.9 Å². The Balaban J connectivity index is 2.02. The molecule has 4 nitrogen and oxygen atoms in total. The SMILES string of the molecule is CCc1nn(CCOc2ccc(Br)cc2)c(CC)c1CN. The second kappa shape index (κ2) is 7.61. The van der Waals surface area contributed by atoms with Crippen LogP contribution >= 0.6 is 15.9 Å². The van der Waals surface area contributed by atoms with Gasteiger partial charge in [-0.1, -0.05) is 29.8 Å². The summed E-state index contributed by atoms with van der Waals surface area (Å²) in [5.74, 6) is 0.873. The molecule has 0 aliphatic rings. The van der Waals surface area contributed by atoms with Gasteiger partial charge < -0.3 is 10.5 Å². The molecule has 2 aromatic rings. The molecule has 0 bridgehead atoms. The number of halogens is 1. The van der Waals surface area contributed by atoms with Gasteiger partial charge in [-0.25, -0.2) is 0 Å². The summed E-state index contributed by atoms with van der Waals surface area (Å²) in [6.45, 7) is 6.15. The maximum absolute atomic E-state index is 5.86. The van der Waals surface area contributed by atoms with Crippen molar-refractivity contribution >= 4 is 15.9 Å². The molecule has 5 heteroatoms. The summed E-state index contributed by atoms with van der Waals surface area (Å²) < 4.78 is 8.86. The van der Waals surface area contributed by atoms with Crippen molar-refractivity contribution in [2.75, 3.05) is 6.61 Å². The Kier molecular flexibility index (Phi) is 5.82. The lowest BCUT2D eigenvalue weighted by atomic mass is 10.1. The minimum absolute atomic E-state index is 0.555. The lowest BCUT2D eigenvalue weighted by molar-refractivity contribution is 0.288. The Morgan fingerprint density at radius 1 is 1.19 bits per heavy atom. The van der Waals surface area contributed by atoms with E-state index in [1.165, 1.54) is 11.3 Å². The van der Waals surface area contributed by atoms with Crippen LogP contribution in [0.4, 0.5) is 0 Å². The van der Waals surface area contributed by atoms with Gasteiger partial charge in [0.15, 0.2) is 0 Å². The van der Waals surface area contributed by atoms with Crippen LogP contribution in [0.2, 0.25) is 0 Å². The highest BCUT2D eigenvalue weighted by Crippen LogP contribution is 2.18. The first-order chi connectivity index (χ1) is 10.2. The molecule has 0 atom stereocenters. The van der Waals surface area contributed by atoms with E-state index in [1.807, 2.05) is 28.9 Å². The van der Waals surface area contributed by atoms with Gasteiger partial charge in [0, 0.05) is 22.3 Å². The molecule has 0 spiro atoms. The average Bonchev–Trinajstić information content (AvgIpc) is 2.86. The molecule has 1 aromatic heterocycles. The third kappa shape index (κ3) is 3.86. The van der Waals surface area contributed by atoms with Crippen LogP contribution in [-0.4, -0.2) is 16.4 Å². The summed E-state index contributed by atoms with van der Waals surface area (Å²) in [4.78, 5) is 0. The number of hydrogen-bond donors (Lipinski definition) is 1. The zero-order valence-electron chi connectivity index (χ0n) is 12.6. The molecular formula is C16H22BrN3O. The molecule has 21 heavy (non-hydrogen) atoms. The molecule has 0 unspecified atom stereocenters. The Morgan fingerprint density at radius 2 is 1.90 bits per heavy atom. The average molecular weight is 352 g/mol. The first kappa shape index (κ1) is 16.0. The Hall–Kier alpha value is -1.33. The highest BCUT2D eigenvalue weighted by Gasteiger charge is 2.13. The maximum Gasteiger partial charge on any atom is 0.119 e. The minimum atomic E-state index is 0.555. The lowest BCUT2D eigenvalue weighted by Crippen LogP contribution is -2.13. The molecule has 0 saturated heterocycles. The first-order valence-electron chi connectivity index (χ1n) is 7.35. The van der Waals surface area contributed by atoms with Crippen molar-refractivity contribution in [3.8, 4) is 5.75 Å². The van der Waals surface area contributed by atoms with E-state index in [4.69, 9.17) is 10.5 Å². The smallest absolute Gasteiger partial charge is 0.119 e. The van der Waals surface area contributed by atoms with E-state index in [1.54, 1.807) is 0 Å². The molecule has 0 fully saturated rings. The molecule has 0 amide bonds. The second-order valence-electron chi connectivity index (χ2n) is 4.81. The summed E-state index contributed by atoms with van der Waals surface area (Å²) in [5, 5.41) is 4.66. The third-order valence-electron chi connectivity index (χ3n) is 3.51. The predicted molar refractivity (Wildman–Crippen MR) is 88.5 cm³/mol. The van der Waals surface area contributed by atoms with Crippen LogP contribution < -0.4 is 10.5 Å². The summed E-state index contributed by atoms with van der Waals surface area (Å²) >= 11 is 3.41. The van der Waals surface area contributed by atoms with Gasteiger partial charge in [-0.2, -0.15) is 5.10 Å². The Bertz CT molecular complexity index is 578. The Morgan fingerprint density at radius 3 is 2.48 bits per heavy atom. The van der Waals surface area contributed by atoms with Gasteiger partial charge >= 0.3 is 0 Å². The van der Waals surface area contributed by atoms with E-state index in [0.717, 1.165) is 35.3 Å². The van der Waals surface area contributed by atoms with Crippen molar-refractivity contribution in [1.82, 2.24) is 9.78 Å². The molecule has 1 heterocycles. The molecule has 1 aromatic carbocycles. The highest BCUT2D eigenvalue weighted by atomic mass is 79.9. The van der Waals surface area contributed by atoms with Crippen molar-refractivity contribution in [2.45, 2.75) is 39.8 Å². The van der Waals surface area contributed by atoms with E-state index in [9.17, 15) is 0 Å². The topological polar surface area (TPSA) is 53.1 Å². The van der Waals surface area contributed by atoms with E-state index in [2.05, 4.69) is 34.9 Å². The largest absolute Gasteiger partial charge is 0.492 e. The van der Waals surface area contributed by atoms with Crippen molar-refractivity contribution in [3.05, 3.63) is 45.7 Å². The molecule has 0 radical (unpaired) electrons. The number of aryl methyl sites for hydroxylation is 1. The van der Waals surface area contributed by atoms with Gasteiger partial charge in [-0.3, -0.25) is 4.68 Å². The molecule has 0 saturated carbocycles. The minimum Gasteiger partial charge on any atom is -0.492 e. The molecule has 0 aliphatic heterocycles. The quantitative estimate of drug-likeness (QED) is 0.832. The third-order valence-corrected chi connectivity index (χ3v) is 4.04. The van der Waals surface area contributed by atoms with Crippen LogP contribution in [0.5, 0.6) is 5.75 Å². The van der Waals surface area contributed by atoms with Gasteiger partial charge in [-0.15, -0.1) is 0 Å². The van der Waals surface area contributed by atoms with Gasteiger partial charge in [0.05, 0.1) is 12.2 Å². The van der Waals surface area contributed by atoms with Crippen LogP contribution in [0, 0.1) is 0 Å². The van der Waals surface area contributed by atoms with E-state index in [-0.39, 0.29) is 0 Å². The van der Waals surface area contributed by atoms with E-state index >= 15 is 0 Å². The number of nitrogens with two attached hydrogens (primary N) is 1. The fourth-order valence-electron chi connectivity index (χ4n) is 2.47. The monoisotopic (exact) mass is 351 g/mol. The fourth-order valence-corrected chi connectivity index (χ4v) is 2.73. The summed E-state index contributed by atoms with van der Waals surface area (Å²) in [5.41, 5.74) is 9.40. The van der Waals surface area contributed by atoms with Crippen LogP contribution in [0.25, 0.3) is 0 Å². The summed E-state index contributed by atoms with van der Waals surface area (Å²) in [6, 6.07) is 7.86. The zero-order valence-corrected chi connectivity index (χ0v) is 14.2. The van der Waals surface area contributed by atoms with Gasteiger partial charge in [-0.05, 0) is 37.1 Å². The van der Waals surface area contributed by atoms with Crippen molar-refractivity contribution < 1.29 is 4.74 Å². The normalized spacial score (nSPS) is 10.9. The van der Waals surface area contributed by atoms with Gasteiger partial charge in [0.1, 0.15) is 12.4 Å². The summed E-state index contributed by atoms with van der Waals surface area (Å²) in [6.07, 6.45) is 1.86. The number of nitrogens with zero attached hydrogens (tertiary/aromatic N) is 2.